The molecule has 0 unspecified atom stereocenters. The first-order valence-corrected chi connectivity index (χ1v) is 8.04. The summed E-state index contributed by atoms with van der Waals surface area (Å²) in [5.41, 5.74) is 10.7. The van der Waals surface area contributed by atoms with Gasteiger partial charge in [-0.1, -0.05) is 60.7 Å². The molecule has 0 atom stereocenters. The minimum absolute atomic E-state index is 0.0298. The summed E-state index contributed by atoms with van der Waals surface area (Å²) in [4.78, 5) is 12.1. The van der Waals surface area contributed by atoms with Crippen LogP contribution in [0, 0.1) is 0 Å². The van der Waals surface area contributed by atoms with Gasteiger partial charge >= 0.3 is 0 Å². The quantitative estimate of drug-likeness (QED) is 0.411. The van der Waals surface area contributed by atoms with Gasteiger partial charge in [-0.25, -0.2) is 0 Å². The molecule has 2 aromatic carbocycles. The molecule has 24 heavy (non-hydrogen) atoms. The number of nitrogens with one attached hydrogen (secondary N) is 2. The Kier molecular flexibility index (Phi) is 6.91. The molecule has 0 fully saturated rings. The maximum absolute atomic E-state index is 12.1. The molecule has 0 heterocycles. The fraction of sp³-hybridized carbons (Fsp3) is 0.167. The number of amides is 1. The van der Waals surface area contributed by atoms with Crippen LogP contribution in [0.5, 0.6) is 0 Å². The van der Waals surface area contributed by atoms with Gasteiger partial charge in [-0.2, -0.15) is 5.10 Å². The van der Waals surface area contributed by atoms with Crippen LogP contribution in [-0.4, -0.2) is 16.7 Å². The summed E-state index contributed by atoms with van der Waals surface area (Å²) in [5, 5.41) is 7.20. The largest absolute Gasteiger partial charge is 0.375 e. The molecule has 2 rings (SSSR count). The Balaban J connectivity index is 1.91. The third-order valence-electron chi connectivity index (χ3n) is 3.33. The summed E-state index contributed by atoms with van der Waals surface area (Å²) in [7, 11) is 0. The number of thiocarbonyl (C=S) groups is 1. The molecule has 124 valence electrons. The molecule has 0 aliphatic heterocycles. The standard InChI is InChI=1S/C18H20N4OS/c19-18(24)22-21-16(15-9-5-2-6-10-15)11-12-17(23)20-13-14-7-3-1-4-8-14/h1-10H,11-13H2,(H,20,23)(H3,19,22,24)/b21-16+. The van der Waals surface area contributed by atoms with E-state index in [4.69, 9.17) is 18.0 Å². The van der Waals surface area contributed by atoms with E-state index >= 15 is 0 Å². The molecule has 0 saturated carbocycles. The summed E-state index contributed by atoms with van der Waals surface area (Å²) in [6.45, 7) is 0.516. The summed E-state index contributed by atoms with van der Waals surface area (Å²) in [6, 6.07) is 19.4. The molecular formula is C18H20N4OS. The summed E-state index contributed by atoms with van der Waals surface area (Å²) in [5.74, 6) is -0.0298. The number of hydrazone groups is 1. The summed E-state index contributed by atoms with van der Waals surface area (Å²) in [6.07, 6.45) is 0.819. The van der Waals surface area contributed by atoms with Crippen LogP contribution >= 0.6 is 12.2 Å². The van der Waals surface area contributed by atoms with Gasteiger partial charge in [0, 0.05) is 19.4 Å². The van der Waals surface area contributed by atoms with Gasteiger partial charge in [-0.3, -0.25) is 10.2 Å². The lowest BCUT2D eigenvalue weighted by molar-refractivity contribution is -0.121. The molecule has 0 aliphatic carbocycles. The molecule has 2 aromatic rings. The van der Waals surface area contributed by atoms with Crippen molar-refractivity contribution >= 4 is 28.9 Å². The van der Waals surface area contributed by atoms with Crippen LogP contribution in [0.2, 0.25) is 0 Å². The van der Waals surface area contributed by atoms with Gasteiger partial charge in [0.2, 0.25) is 5.91 Å². The Morgan fingerprint density at radius 3 is 2.25 bits per heavy atom. The lowest BCUT2D eigenvalue weighted by Crippen LogP contribution is -2.27. The van der Waals surface area contributed by atoms with Crippen molar-refractivity contribution in [3.05, 3.63) is 71.8 Å². The smallest absolute Gasteiger partial charge is 0.220 e. The maximum atomic E-state index is 12.1. The fourth-order valence-electron chi connectivity index (χ4n) is 2.13. The number of hydrogen-bond acceptors (Lipinski definition) is 3. The van der Waals surface area contributed by atoms with E-state index in [-0.39, 0.29) is 11.0 Å². The first kappa shape index (κ1) is 17.6. The predicted molar refractivity (Wildman–Crippen MR) is 100 cm³/mol. The van der Waals surface area contributed by atoms with Gasteiger partial charge in [0.25, 0.3) is 0 Å². The molecule has 0 saturated heterocycles. The number of benzene rings is 2. The van der Waals surface area contributed by atoms with Crippen LogP contribution in [0.4, 0.5) is 0 Å². The van der Waals surface area contributed by atoms with Crippen molar-refractivity contribution in [2.45, 2.75) is 19.4 Å². The van der Waals surface area contributed by atoms with Crippen molar-refractivity contribution in [2.75, 3.05) is 0 Å². The van der Waals surface area contributed by atoms with E-state index in [1.54, 1.807) is 0 Å². The Hall–Kier alpha value is -2.73. The molecular weight excluding hydrogens is 320 g/mol. The highest BCUT2D eigenvalue weighted by Gasteiger charge is 2.08. The van der Waals surface area contributed by atoms with Crippen LogP contribution < -0.4 is 16.5 Å². The van der Waals surface area contributed by atoms with Crippen molar-refractivity contribution in [1.82, 2.24) is 10.7 Å². The van der Waals surface area contributed by atoms with Crippen molar-refractivity contribution in [2.24, 2.45) is 10.8 Å². The Labute approximate surface area is 147 Å². The number of nitrogens with two attached hydrogens (primary N) is 1. The first-order valence-electron chi connectivity index (χ1n) is 7.63. The van der Waals surface area contributed by atoms with Crippen LogP contribution in [-0.2, 0) is 11.3 Å². The minimum atomic E-state index is -0.0298. The Bertz CT molecular complexity index is 701. The molecule has 0 aliphatic rings. The average molecular weight is 340 g/mol. The molecule has 0 aromatic heterocycles. The number of carbonyl (C=O) groups excluding carboxylic acids is 1. The van der Waals surface area contributed by atoms with E-state index in [2.05, 4.69) is 15.8 Å². The first-order chi connectivity index (χ1) is 11.6. The van der Waals surface area contributed by atoms with Gasteiger partial charge in [0.1, 0.15) is 0 Å². The SMILES string of the molecule is NC(=S)N/N=C(\CCC(=O)NCc1ccccc1)c1ccccc1. The van der Waals surface area contributed by atoms with E-state index in [0.717, 1.165) is 16.8 Å². The number of hydrogen-bond donors (Lipinski definition) is 3. The van der Waals surface area contributed by atoms with Crippen LogP contribution in [0.25, 0.3) is 0 Å². The van der Waals surface area contributed by atoms with Crippen LogP contribution in [0.15, 0.2) is 65.8 Å². The third kappa shape index (κ3) is 6.18. The van der Waals surface area contributed by atoms with Crippen LogP contribution in [0.3, 0.4) is 0 Å². The molecule has 4 N–H and O–H groups in total. The maximum Gasteiger partial charge on any atom is 0.220 e. The van der Waals surface area contributed by atoms with Gasteiger partial charge in [0.15, 0.2) is 5.11 Å². The highest BCUT2D eigenvalue weighted by atomic mass is 32.1. The van der Waals surface area contributed by atoms with Gasteiger partial charge in [-0.05, 0) is 23.3 Å². The zero-order valence-electron chi connectivity index (χ0n) is 13.2. The normalized spacial score (nSPS) is 10.9. The predicted octanol–water partition coefficient (Wildman–Crippen LogP) is 2.32. The number of rotatable bonds is 7. The molecule has 0 bridgehead atoms. The summed E-state index contributed by atoms with van der Waals surface area (Å²) < 4.78 is 0. The van der Waals surface area contributed by atoms with E-state index in [9.17, 15) is 4.79 Å². The zero-order chi connectivity index (χ0) is 17.2. The van der Waals surface area contributed by atoms with E-state index < -0.39 is 0 Å². The lowest BCUT2D eigenvalue weighted by Gasteiger charge is -2.08. The molecule has 0 spiro atoms. The topological polar surface area (TPSA) is 79.5 Å². The summed E-state index contributed by atoms with van der Waals surface area (Å²) >= 11 is 4.78. The monoisotopic (exact) mass is 340 g/mol. The zero-order valence-corrected chi connectivity index (χ0v) is 14.1. The van der Waals surface area contributed by atoms with Crippen molar-refractivity contribution < 1.29 is 4.79 Å². The van der Waals surface area contributed by atoms with Gasteiger partial charge < -0.3 is 11.1 Å². The fourth-order valence-corrected chi connectivity index (χ4v) is 2.18. The van der Waals surface area contributed by atoms with E-state index in [1.165, 1.54) is 0 Å². The number of nitrogens with zero attached hydrogens (tertiary/aromatic N) is 1. The second-order valence-electron chi connectivity index (χ2n) is 5.16. The Morgan fingerprint density at radius 2 is 1.62 bits per heavy atom. The van der Waals surface area contributed by atoms with Gasteiger partial charge in [0.05, 0.1) is 5.71 Å². The van der Waals surface area contributed by atoms with Crippen molar-refractivity contribution in [1.29, 1.82) is 0 Å². The molecule has 1 amide bonds. The van der Waals surface area contributed by atoms with Crippen molar-refractivity contribution in [3.63, 3.8) is 0 Å². The minimum Gasteiger partial charge on any atom is -0.375 e. The highest BCUT2D eigenvalue weighted by Crippen LogP contribution is 2.07. The molecule has 5 nitrogen and oxygen atoms in total. The van der Waals surface area contributed by atoms with Crippen LogP contribution in [0.1, 0.15) is 24.0 Å². The average Bonchev–Trinajstić information content (AvgIpc) is 2.61. The Morgan fingerprint density at radius 1 is 1.00 bits per heavy atom. The lowest BCUT2D eigenvalue weighted by atomic mass is 10.1. The third-order valence-corrected chi connectivity index (χ3v) is 3.42. The molecule has 6 heteroatoms. The number of carbonyl (C=O) groups is 1. The second-order valence-corrected chi connectivity index (χ2v) is 5.60. The van der Waals surface area contributed by atoms with Crippen molar-refractivity contribution in [3.8, 4) is 0 Å². The van der Waals surface area contributed by atoms with E-state index in [1.807, 2.05) is 60.7 Å². The van der Waals surface area contributed by atoms with Gasteiger partial charge in [-0.15, -0.1) is 0 Å². The van der Waals surface area contributed by atoms with E-state index in [0.29, 0.717) is 19.4 Å². The second kappa shape index (κ2) is 9.42. The molecule has 0 radical (unpaired) electrons. The highest BCUT2D eigenvalue weighted by molar-refractivity contribution is 7.80.